The van der Waals surface area contributed by atoms with Crippen molar-refractivity contribution < 1.29 is 17.9 Å². The van der Waals surface area contributed by atoms with Gasteiger partial charge in [-0.25, -0.2) is 18.4 Å². The Bertz CT molecular complexity index is 1480. The normalized spacial score (nSPS) is 13.2. The third kappa shape index (κ3) is 5.31. The van der Waals surface area contributed by atoms with Crippen LogP contribution in [0.25, 0.3) is 17.1 Å². The second-order valence-electron chi connectivity index (χ2n) is 8.96. The van der Waals surface area contributed by atoms with Gasteiger partial charge in [0.1, 0.15) is 28.8 Å². The number of aryl methyl sites for hydroxylation is 2. The molecule has 37 heavy (non-hydrogen) atoms. The van der Waals surface area contributed by atoms with E-state index in [1.807, 2.05) is 26.8 Å². The molecule has 0 fully saturated rings. The Morgan fingerprint density at radius 1 is 0.919 bits per heavy atom. The number of benzene rings is 1. The van der Waals surface area contributed by atoms with E-state index in [1.54, 1.807) is 54.5 Å². The molecule has 1 aromatic carbocycles. The van der Waals surface area contributed by atoms with Gasteiger partial charge in [0.15, 0.2) is 21.5 Å². The van der Waals surface area contributed by atoms with Crippen LogP contribution in [0.4, 0.5) is 0 Å². The first-order chi connectivity index (χ1) is 17.7. The summed E-state index contributed by atoms with van der Waals surface area (Å²) in [6, 6.07) is 7.25. The predicted molar refractivity (Wildman–Crippen MR) is 140 cm³/mol. The molecule has 0 aliphatic heterocycles. The summed E-state index contributed by atoms with van der Waals surface area (Å²) in [4.78, 5) is 12.9. The molecule has 0 bridgehead atoms. The van der Waals surface area contributed by atoms with Gasteiger partial charge in [0.25, 0.3) is 0 Å². The minimum absolute atomic E-state index is 0.225. The Kier molecular flexibility index (Phi) is 7.53. The summed E-state index contributed by atoms with van der Waals surface area (Å²) in [5, 5.41) is 7.93. The van der Waals surface area contributed by atoms with Crippen LogP contribution >= 0.6 is 0 Å². The van der Waals surface area contributed by atoms with Gasteiger partial charge in [-0.15, -0.1) is 10.2 Å². The van der Waals surface area contributed by atoms with Crippen molar-refractivity contribution in [2.75, 3.05) is 14.2 Å². The van der Waals surface area contributed by atoms with E-state index < -0.39 is 21.0 Å². The quantitative estimate of drug-likeness (QED) is 0.322. The predicted octanol–water partition coefficient (Wildman–Crippen LogP) is 3.86. The van der Waals surface area contributed by atoms with Crippen molar-refractivity contribution in [3.05, 3.63) is 71.8 Å². The van der Waals surface area contributed by atoms with Gasteiger partial charge in [0, 0.05) is 36.3 Å². The van der Waals surface area contributed by atoms with E-state index in [4.69, 9.17) is 9.47 Å². The average molecular weight is 523 g/mol. The Labute approximate surface area is 216 Å². The van der Waals surface area contributed by atoms with Crippen molar-refractivity contribution in [2.45, 2.75) is 44.6 Å². The molecule has 0 aliphatic rings. The molecule has 4 rings (SSSR count). The van der Waals surface area contributed by atoms with Crippen LogP contribution in [0.5, 0.6) is 11.5 Å². The SMILES string of the molecule is COc1cccc(OC)c1-n1c(CS(=O)(=O)[C@@H](C)[C@@H](C)c2ncc(C)cn2)nnc1-c1cncc(C)c1. The number of ether oxygens (including phenoxy) is 2. The smallest absolute Gasteiger partial charge is 0.170 e. The van der Waals surface area contributed by atoms with Gasteiger partial charge in [-0.05, 0) is 50.1 Å². The summed E-state index contributed by atoms with van der Waals surface area (Å²) in [7, 11) is -0.638. The fourth-order valence-corrected chi connectivity index (χ4v) is 5.58. The zero-order chi connectivity index (χ0) is 26.7. The number of aromatic nitrogens is 6. The summed E-state index contributed by atoms with van der Waals surface area (Å²) in [6.45, 7) is 7.28. The number of hydrogen-bond donors (Lipinski definition) is 0. The Hall–Kier alpha value is -3.86. The molecule has 10 nitrogen and oxygen atoms in total. The first-order valence-corrected chi connectivity index (χ1v) is 13.5. The molecule has 194 valence electrons. The van der Waals surface area contributed by atoms with Gasteiger partial charge in [-0.1, -0.05) is 13.0 Å². The van der Waals surface area contributed by atoms with E-state index in [-0.39, 0.29) is 11.6 Å². The van der Waals surface area contributed by atoms with Crippen LogP contribution in [0.3, 0.4) is 0 Å². The lowest BCUT2D eigenvalue weighted by atomic mass is 10.1. The summed E-state index contributed by atoms with van der Waals surface area (Å²) in [6.07, 6.45) is 6.76. The standard InChI is InChI=1S/C26H30N6O4S/c1-16-10-20(14-27-11-16)26-31-30-23(32(26)24-21(35-5)8-7-9-22(24)36-6)15-37(33,34)19(4)18(3)25-28-12-17(2)13-29-25/h7-14,18-19H,15H2,1-6H3/t18-,19+/m1/s1. The van der Waals surface area contributed by atoms with E-state index >= 15 is 0 Å². The Balaban J connectivity index is 1.83. The molecule has 4 aromatic rings. The number of rotatable bonds is 9. The van der Waals surface area contributed by atoms with Crippen LogP contribution < -0.4 is 9.47 Å². The molecule has 0 amide bonds. The molecule has 0 saturated carbocycles. The van der Waals surface area contributed by atoms with E-state index in [9.17, 15) is 8.42 Å². The maximum atomic E-state index is 13.7. The fourth-order valence-electron chi connectivity index (χ4n) is 4.03. The highest BCUT2D eigenvalue weighted by Gasteiger charge is 2.33. The number of nitrogens with zero attached hydrogens (tertiary/aromatic N) is 6. The van der Waals surface area contributed by atoms with Crippen LogP contribution in [0.15, 0.2) is 49.1 Å². The van der Waals surface area contributed by atoms with Gasteiger partial charge in [-0.2, -0.15) is 0 Å². The lowest BCUT2D eigenvalue weighted by Crippen LogP contribution is -2.27. The van der Waals surface area contributed by atoms with E-state index in [2.05, 4.69) is 25.1 Å². The lowest BCUT2D eigenvalue weighted by Gasteiger charge is -2.20. The van der Waals surface area contributed by atoms with Crippen LogP contribution in [0, 0.1) is 13.8 Å². The topological polar surface area (TPSA) is 122 Å². The van der Waals surface area contributed by atoms with E-state index in [1.165, 1.54) is 14.2 Å². The van der Waals surface area contributed by atoms with Crippen LogP contribution in [0.1, 0.15) is 42.5 Å². The highest BCUT2D eigenvalue weighted by atomic mass is 32.2. The van der Waals surface area contributed by atoms with Crippen molar-refractivity contribution in [1.29, 1.82) is 0 Å². The number of pyridine rings is 1. The molecule has 0 radical (unpaired) electrons. The monoisotopic (exact) mass is 522 g/mol. The molecular weight excluding hydrogens is 492 g/mol. The minimum atomic E-state index is -3.72. The summed E-state index contributed by atoms with van der Waals surface area (Å²) in [5.41, 5.74) is 3.01. The van der Waals surface area contributed by atoms with Gasteiger partial charge >= 0.3 is 0 Å². The largest absolute Gasteiger partial charge is 0.494 e. The van der Waals surface area contributed by atoms with Gasteiger partial charge in [0.05, 0.1) is 19.5 Å². The molecule has 0 unspecified atom stereocenters. The molecule has 0 N–H and O–H groups in total. The van der Waals surface area contributed by atoms with Crippen molar-refractivity contribution in [2.24, 2.45) is 0 Å². The van der Waals surface area contributed by atoms with E-state index in [0.717, 1.165) is 11.1 Å². The molecular formula is C26H30N6O4S. The summed E-state index contributed by atoms with van der Waals surface area (Å²) < 4.78 is 40.3. The lowest BCUT2D eigenvalue weighted by molar-refractivity contribution is 0.390. The summed E-state index contributed by atoms with van der Waals surface area (Å²) >= 11 is 0. The molecule has 3 heterocycles. The van der Waals surface area contributed by atoms with Crippen molar-refractivity contribution in [3.63, 3.8) is 0 Å². The highest BCUT2D eigenvalue weighted by Crippen LogP contribution is 2.37. The number of methoxy groups -OCH3 is 2. The zero-order valence-corrected chi connectivity index (χ0v) is 22.5. The van der Waals surface area contributed by atoms with Gasteiger partial charge in [0.2, 0.25) is 0 Å². The van der Waals surface area contributed by atoms with E-state index in [0.29, 0.717) is 34.4 Å². The molecule has 0 saturated heterocycles. The highest BCUT2D eigenvalue weighted by molar-refractivity contribution is 7.91. The number of hydrogen-bond acceptors (Lipinski definition) is 9. The van der Waals surface area contributed by atoms with Crippen LogP contribution in [-0.4, -0.2) is 57.6 Å². The number of sulfone groups is 1. The van der Waals surface area contributed by atoms with Crippen molar-refractivity contribution >= 4 is 9.84 Å². The molecule has 3 aromatic heterocycles. The third-order valence-corrected chi connectivity index (χ3v) is 8.50. The first-order valence-electron chi connectivity index (χ1n) is 11.7. The second-order valence-corrected chi connectivity index (χ2v) is 11.3. The molecule has 2 atom stereocenters. The van der Waals surface area contributed by atoms with Crippen molar-refractivity contribution in [3.8, 4) is 28.6 Å². The first kappa shape index (κ1) is 26.2. The third-order valence-electron chi connectivity index (χ3n) is 6.30. The molecule has 11 heteroatoms. The maximum Gasteiger partial charge on any atom is 0.170 e. The van der Waals surface area contributed by atoms with Crippen LogP contribution in [-0.2, 0) is 15.6 Å². The average Bonchev–Trinajstić information content (AvgIpc) is 3.29. The molecule has 0 spiro atoms. The van der Waals surface area contributed by atoms with Gasteiger partial charge < -0.3 is 9.47 Å². The Morgan fingerprint density at radius 2 is 1.57 bits per heavy atom. The molecule has 0 aliphatic carbocycles. The van der Waals surface area contributed by atoms with Crippen LogP contribution in [0.2, 0.25) is 0 Å². The van der Waals surface area contributed by atoms with Crippen molar-refractivity contribution in [1.82, 2.24) is 29.7 Å². The minimum Gasteiger partial charge on any atom is -0.494 e. The maximum absolute atomic E-state index is 13.7. The van der Waals surface area contributed by atoms with Gasteiger partial charge in [-0.3, -0.25) is 9.55 Å². The number of para-hydroxylation sites is 1. The Morgan fingerprint density at radius 3 is 2.16 bits per heavy atom. The summed E-state index contributed by atoms with van der Waals surface area (Å²) in [5.74, 6) is 1.29. The fraction of sp³-hybridized carbons (Fsp3) is 0.346. The second kappa shape index (κ2) is 10.6. The zero-order valence-electron chi connectivity index (χ0n) is 21.7.